The highest BCUT2D eigenvalue weighted by Crippen LogP contribution is 2.38. The fourth-order valence-corrected chi connectivity index (χ4v) is 3.04. The molecule has 1 saturated carbocycles. The first-order valence-electron chi connectivity index (χ1n) is 5.90. The van der Waals surface area contributed by atoms with Gasteiger partial charge in [-0.25, -0.2) is 9.38 Å². The van der Waals surface area contributed by atoms with Gasteiger partial charge in [-0.1, -0.05) is 30.1 Å². The highest BCUT2D eigenvalue weighted by molar-refractivity contribution is 6.36. The quantitative estimate of drug-likeness (QED) is 0.768. The van der Waals surface area contributed by atoms with Crippen molar-refractivity contribution in [3.8, 4) is 0 Å². The first-order valence-corrected chi connectivity index (χ1v) is 6.66. The summed E-state index contributed by atoms with van der Waals surface area (Å²) in [6.07, 6.45) is -0.562. The molecule has 1 aromatic carbocycles. The number of alkyl halides is 1. The number of ether oxygens (including phenoxy) is 1. The minimum absolute atomic E-state index is 0.0863. The van der Waals surface area contributed by atoms with Gasteiger partial charge in [-0.15, -0.1) is 0 Å². The molecule has 96 valence electrons. The van der Waals surface area contributed by atoms with Gasteiger partial charge in [0.25, 0.3) is 0 Å². The summed E-state index contributed by atoms with van der Waals surface area (Å²) < 4.78 is 19.3. The average molecular weight is 288 g/mol. The number of hydrogen-bond donors (Lipinski definition) is 0. The third-order valence-electron chi connectivity index (χ3n) is 3.63. The normalized spacial score (nSPS) is 34.1. The zero-order valence-electron chi connectivity index (χ0n) is 9.74. The number of fused-ring (bicyclic) bond motifs is 1. The number of halogens is 3. The van der Waals surface area contributed by atoms with Crippen molar-refractivity contribution in [2.45, 2.75) is 31.7 Å². The van der Waals surface area contributed by atoms with Crippen LogP contribution in [0.15, 0.2) is 23.2 Å². The van der Waals surface area contributed by atoms with E-state index in [1.165, 1.54) is 0 Å². The van der Waals surface area contributed by atoms with E-state index in [9.17, 15) is 4.39 Å². The van der Waals surface area contributed by atoms with Gasteiger partial charge in [0.1, 0.15) is 12.3 Å². The zero-order chi connectivity index (χ0) is 12.9. The van der Waals surface area contributed by atoms with Crippen molar-refractivity contribution < 1.29 is 9.13 Å². The van der Waals surface area contributed by atoms with E-state index in [2.05, 4.69) is 4.99 Å². The van der Waals surface area contributed by atoms with Gasteiger partial charge in [0.05, 0.1) is 16.6 Å². The molecule has 1 aromatic rings. The summed E-state index contributed by atoms with van der Waals surface area (Å²) in [7, 11) is 0. The maximum atomic E-state index is 13.5. The van der Waals surface area contributed by atoms with Crippen LogP contribution in [-0.2, 0) is 4.74 Å². The molecule has 1 fully saturated rings. The van der Waals surface area contributed by atoms with E-state index in [-0.39, 0.29) is 18.1 Å². The Morgan fingerprint density at radius 2 is 2.17 bits per heavy atom. The fraction of sp³-hybridized carbons (Fsp3) is 0.462. The Labute approximate surface area is 115 Å². The van der Waals surface area contributed by atoms with Crippen molar-refractivity contribution in [1.29, 1.82) is 0 Å². The predicted molar refractivity (Wildman–Crippen MR) is 70.3 cm³/mol. The highest BCUT2D eigenvalue weighted by atomic mass is 35.5. The van der Waals surface area contributed by atoms with Gasteiger partial charge in [-0.2, -0.15) is 0 Å². The molecule has 0 spiro atoms. The van der Waals surface area contributed by atoms with Crippen LogP contribution in [0.5, 0.6) is 0 Å². The third-order valence-corrected chi connectivity index (χ3v) is 4.17. The van der Waals surface area contributed by atoms with E-state index in [0.29, 0.717) is 22.4 Å². The molecule has 1 aliphatic heterocycles. The molecule has 5 heteroatoms. The second kappa shape index (κ2) is 4.39. The number of hydrogen-bond acceptors (Lipinski definition) is 2. The summed E-state index contributed by atoms with van der Waals surface area (Å²) in [6, 6.07) is 5.09. The van der Waals surface area contributed by atoms with Gasteiger partial charge in [0, 0.05) is 17.4 Å². The summed E-state index contributed by atoms with van der Waals surface area (Å²) >= 11 is 12.0. The molecular formula is C13H12Cl2FNO. The van der Waals surface area contributed by atoms with Gasteiger partial charge >= 0.3 is 0 Å². The van der Waals surface area contributed by atoms with E-state index >= 15 is 0 Å². The smallest absolute Gasteiger partial charge is 0.218 e. The Kier molecular flexibility index (Phi) is 2.99. The Bertz CT molecular complexity index is 520. The van der Waals surface area contributed by atoms with Crippen molar-refractivity contribution in [3.05, 3.63) is 33.8 Å². The molecule has 2 nitrogen and oxygen atoms in total. The largest absolute Gasteiger partial charge is 0.471 e. The van der Waals surface area contributed by atoms with Crippen molar-refractivity contribution >= 4 is 29.1 Å². The lowest BCUT2D eigenvalue weighted by Gasteiger charge is -2.15. The SMILES string of the molecule is CC1C(F)CC2N=C(c3ccc(Cl)cc3Cl)OC21. The number of rotatable bonds is 1. The van der Waals surface area contributed by atoms with Crippen LogP contribution in [0.1, 0.15) is 18.9 Å². The molecule has 0 bridgehead atoms. The van der Waals surface area contributed by atoms with Gasteiger partial charge < -0.3 is 4.74 Å². The van der Waals surface area contributed by atoms with Crippen LogP contribution in [0.2, 0.25) is 10.0 Å². The lowest BCUT2D eigenvalue weighted by Crippen LogP contribution is -2.23. The van der Waals surface area contributed by atoms with Gasteiger partial charge in [0.2, 0.25) is 5.90 Å². The molecule has 4 atom stereocenters. The number of nitrogens with zero attached hydrogens (tertiary/aromatic N) is 1. The lowest BCUT2D eigenvalue weighted by atomic mass is 10.1. The molecule has 2 aliphatic rings. The van der Waals surface area contributed by atoms with E-state index < -0.39 is 6.17 Å². The number of benzene rings is 1. The molecule has 18 heavy (non-hydrogen) atoms. The van der Waals surface area contributed by atoms with E-state index in [0.717, 1.165) is 5.56 Å². The highest BCUT2D eigenvalue weighted by Gasteiger charge is 2.47. The van der Waals surface area contributed by atoms with Crippen LogP contribution in [0.3, 0.4) is 0 Å². The molecular weight excluding hydrogens is 276 g/mol. The molecule has 0 saturated heterocycles. The molecule has 1 aliphatic carbocycles. The molecule has 0 aromatic heterocycles. The van der Waals surface area contributed by atoms with Crippen LogP contribution in [0, 0.1) is 5.92 Å². The molecule has 0 N–H and O–H groups in total. The Balaban J connectivity index is 1.90. The summed E-state index contributed by atoms with van der Waals surface area (Å²) in [5, 5.41) is 1.07. The topological polar surface area (TPSA) is 21.6 Å². The molecule has 0 amide bonds. The zero-order valence-corrected chi connectivity index (χ0v) is 11.2. The molecule has 4 unspecified atom stereocenters. The van der Waals surface area contributed by atoms with Crippen molar-refractivity contribution in [3.63, 3.8) is 0 Å². The van der Waals surface area contributed by atoms with Crippen molar-refractivity contribution in [2.75, 3.05) is 0 Å². The summed E-state index contributed by atoms with van der Waals surface area (Å²) in [5.74, 6) is 0.382. The average Bonchev–Trinajstić information content (AvgIpc) is 2.81. The standard InChI is InChI=1S/C13H12Cl2FNO/c1-6-10(16)5-11-12(6)18-13(17-11)8-3-2-7(14)4-9(8)15/h2-4,6,10-12H,5H2,1H3. The first kappa shape index (κ1) is 12.2. The Hall–Kier alpha value is -0.800. The number of aliphatic imine (C=N–C) groups is 1. The van der Waals surface area contributed by atoms with Crippen molar-refractivity contribution in [1.82, 2.24) is 0 Å². The van der Waals surface area contributed by atoms with Gasteiger partial charge in [-0.05, 0) is 18.2 Å². The molecule has 3 rings (SSSR count). The maximum Gasteiger partial charge on any atom is 0.218 e. The third kappa shape index (κ3) is 1.90. The molecule has 1 heterocycles. The van der Waals surface area contributed by atoms with Crippen molar-refractivity contribution in [2.24, 2.45) is 10.9 Å². The minimum Gasteiger partial charge on any atom is -0.471 e. The van der Waals surface area contributed by atoms with Gasteiger partial charge in [-0.3, -0.25) is 0 Å². The first-order chi connectivity index (χ1) is 8.56. The monoisotopic (exact) mass is 287 g/mol. The summed E-state index contributed by atoms with van der Waals surface area (Å²) in [6.45, 7) is 1.86. The van der Waals surface area contributed by atoms with Crippen LogP contribution in [0.4, 0.5) is 4.39 Å². The predicted octanol–water partition coefficient (Wildman–Crippen LogP) is 3.89. The second-order valence-corrected chi connectivity index (χ2v) is 5.66. The van der Waals surface area contributed by atoms with Gasteiger partial charge in [0.15, 0.2) is 0 Å². The summed E-state index contributed by atoms with van der Waals surface area (Å²) in [5.41, 5.74) is 0.720. The Morgan fingerprint density at radius 1 is 1.39 bits per heavy atom. The lowest BCUT2D eigenvalue weighted by molar-refractivity contribution is 0.137. The fourth-order valence-electron chi connectivity index (χ4n) is 2.55. The second-order valence-electron chi connectivity index (χ2n) is 4.82. The maximum absolute atomic E-state index is 13.5. The van der Waals surface area contributed by atoms with E-state index in [1.807, 2.05) is 6.92 Å². The van der Waals surface area contributed by atoms with E-state index in [4.69, 9.17) is 27.9 Å². The van der Waals surface area contributed by atoms with Crippen LogP contribution >= 0.6 is 23.2 Å². The summed E-state index contributed by atoms with van der Waals surface area (Å²) in [4.78, 5) is 4.44. The van der Waals surface area contributed by atoms with E-state index in [1.54, 1.807) is 18.2 Å². The molecule has 0 radical (unpaired) electrons. The van der Waals surface area contributed by atoms with Crippen LogP contribution < -0.4 is 0 Å². The van der Waals surface area contributed by atoms with Crippen LogP contribution in [-0.4, -0.2) is 24.2 Å². The minimum atomic E-state index is -0.828. The Morgan fingerprint density at radius 3 is 2.83 bits per heavy atom. The van der Waals surface area contributed by atoms with Crippen LogP contribution in [0.25, 0.3) is 0 Å².